The predicted octanol–water partition coefficient (Wildman–Crippen LogP) is -3.89. The van der Waals surface area contributed by atoms with Gasteiger partial charge in [0, 0.05) is 0 Å². The summed E-state index contributed by atoms with van der Waals surface area (Å²) in [5, 5.41) is 0. The summed E-state index contributed by atoms with van der Waals surface area (Å²) in [7, 11) is 0. The molecule has 0 aliphatic rings. The van der Waals surface area contributed by atoms with Crippen LogP contribution >= 0.6 is 0 Å². The molecule has 0 saturated carbocycles. The molecule has 55 valence electrons. The van der Waals surface area contributed by atoms with E-state index in [9.17, 15) is 0 Å². The second-order valence-electron chi connectivity index (χ2n) is 0. The van der Waals surface area contributed by atoms with E-state index in [0.717, 1.165) is 0 Å². The summed E-state index contributed by atoms with van der Waals surface area (Å²) in [5.74, 6) is 0. The predicted molar refractivity (Wildman–Crippen MR) is 9.68 cm³/mol. The van der Waals surface area contributed by atoms with Crippen molar-refractivity contribution in [2.45, 2.75) is 0 Å². The summed E-state index contributed by atoms with van der Waals surface area (Å²) in [6, 6.07) is 0. The Morgan fingerprint density at radius 2 is 0.500 bits per heavy atom. The Balaban J connectivity index is 0. The second kappa shape index (κ2) is 235. The Bertz CT molecular complexity index is 12.4. The van der Waals surface area contributed by atoms with Crippen LogP contribution in [0, 0.1) is 0 Å². The molecule has 0 aromatic carbocycles. The van der Waals surface area contributed by atoms with Crippen molar-refractivity contribution < 1.29 is 79.5 Å². The molecule has 1 radical (unpaired) electrons. The van der Waals surface area contributed by atoms with Crippen molar-refractivity contribution in [1.29, 1.82) is 0 Å². The molecule has 0 unspecified atom stereocenters. The van der Waals surface area contributed by atoms with E-state index in [2.05, 4.69) is 0 Å². The van der Waals surface area contributed by atoms with Crippen molar-refractivity contribution in [3.8, 4) is 0 Å². The van der Waals surface area contributed by atoms with Gasteiger partial charge in [0.15, 0.2) is 0 Å². The quantitative estimate of drug-likeness (QED) is 0.374. The average Bonchev–Trinajstić information content (AvgIpc) is 0. The van der Waals surface area contributed by atoms with Crippen LogP contribution in [0.3, 0.4) is 0 Å². The first-order valence-electron chi connectivity index (χ1n) is 0. The molecule has 0 fully saturated rings. The van der Waals surface area contributed by atoms with Crippen LogP contribution in [0.25, 0.3) is 0 Å². The van der Waals surface area contributed by atoms with E-state index in [0.29, 0.717) is 0 Å². The first kappa shape index (κ1) is 339. The molecule has 0 aliphatic carbocycles. The molecule has 0 aromatic rings. The Labute approximate surface area is 79.4 Å². The van der Waals surface area contributed by atoms with Crippen LogP contribution in [0.4, 0.5) is 0 Å². The van der Waals surface area contributed by atoms with Crippen LogP contribution in [0.1, 0.15) is 0 Å². The Morgan fingerprint density at radius 1 is 0.500 bits per heavy atom. The zero-order valence-electron chi connectivity index (χ0n) is 3.89. The third-order valence-corrected chi connectivity index (χ3v) is 0. The Kier molecular flexibility index (Phi) is 9980. The molecule has 0 atom stereocenters. The second-order valence-corrected chi connectivity index (χ2v) is 0. The van der Waals surface area contributed by atoms with E-state index >= 15 is 0 Å². The van der Waals surface area contributed by atoms with Gasteiger partial charge in [0.25, 0.3) is 0 Å². The molecule has 5 nitrogen and oxygen atoms in total. The van der Waals surface area contributed by atoms with Gasteiger partial charge in [-0.3, -0.25) is 0 Å². The average molecular weight is 210 g/mol. The maximum atomic E-state index is 0. The van der Waals surface area contributed by atoms with Crippen molar-refractivity contribution in [1.82, 2.24) is 0 Å². The van der Waals surface area contributed by atoms with Crippen molar-refractivity contribution >= 4 is 0 Å². The molecule has 0 spiro atoms. The fraction of sp³-hybridized carbons (Fsp3) is 0. The van der Waals surface area contributed by atoms with Gasteiger partial charge in [0.2, 0.25) is 0 Å². The molecule has 0 aliphatic heterocycles. The molecule has 0 heterocycles. The summed E-state index contributed by atoms with van der Waals surface area (Å²) in [6.07, 6.45) is 0. The van der Waals surface area contributed by atoms with E-state index in [1.54, 1.807) is 0 Å². The molecule has 5 N–H and O–H groups in total. The van der Waals surface area contributed by atoms with Gasteiger partial charge < -0.3 is 27.4 Å². The van der Waals surface area contributed by atoms with E-state index in [-0.39, 0.29) is 79.5 Å². The number of hydrogen-bond donors (Lipinski definition) is 0. The van der Waals surface area contributed by atoms with Crippen LogP contribution in [-0.4, -0.2) is 27.4 Å². The summed E-state index contributed by atoms with van der Waals surface area (Å²) in [5.41, 5.74) is 0. The van der Waals surface area contributed by atoms with E-state index in [1.165, 1.54) is 0 Å². The fourth-order valence-electron chi connectivity index (χ4n) is 0. The van der Waals surface area contributed by atoms with E-state index < -0.39 is 0 Å². The topological polar surface area (TPSA) is 150 Å². The third kappa shape index (κ3) is 155. The van der Waals surface area contributed by atoms with Gasteiger partial charge in [-0.05, 0) is 0 Å². The SMILES string of the molecule is [Co+2].[Li+].[Ni+2].[OH-].[OH-].[OH-].[OH-].[OH-]. The van der Waals surface area contributed by atoms with Gasteiger partial charge in [0.05, 0.1) is 0 Å². The molecule has 0 bridgehead atoms. The largest absolute Gasteiger partial charge is 2.00 e. The normalized spacial score (nSPS) is 0. The fourth-order valence-corrected chi connectivity index (χ4v) is 0. The van der Waals surface area contributed by atoms with Crippen LogP contribution in [0.2, 0.25) is 0 Å². The first-order chi connectivity index (χ1) is 0. The maximum Gasteiger partial charge on any atom is 2.00 e. The van der Waals surface area contributed by atoms with Crippen molar-refractivity contribution in [3.63, 3.8) is 0 Å². The van der Waals surface area contributed by atoms with Gasteiger partial charge in [-0.25, -0.2) is 0 Å². The Morgan fingerprint density at radius 3 is 0.500 bits per heavy atom. The molecular formula is H5CoLiNiO5. The van der Waals surface area contributed by atoms with E-state index in [1.807, 2.05) is 0 Å². The van der Waals surface area contributed by atoms with E-state index in [4.69, 9.17) is 0 Å². The summed E-state index contributed by atoms with van der Waals surface area (Å²) in [6.45, 7) is 0. The zero-order chi connectivity index (χ0) is 0. The smallest absolute Gasteiger partial charge is 0.870 e. The summed E-state index contributed by atoms with van der Waals surface area (Å²) < 4.78 is 0. The van der Waals surface area contributed by atoms with Crippen LogP contribution < -0.4 is 18.9 Å². The van der Waals surface area contributed by atoms with Crippen molar-refractivity contribution in [3.05, 3.63) is 0 Å². The number of rotatable bonds is 0. The molecule has 8 heavy (non-hydrogen) atoms. The van der Waals surface area contributed by atoms with Crippen LogP contribution in [0.5, 0.6) is 0 Å². The monoisotopic (exact) mass is 209 g/mol. The van der Waals surface area contributed by atoms with Gasteiger partial charge in [-0.2, -0.15) is 0 Å². The minimum Gasteiger partial charge on any atom is -0.870 e. The van der Waals surface area contributed by atoms with Crippen LogP contribution in [-0.2, 0) is 33.3 Å². The van der Waals surface area contributed by atoms with Gasteiger partial charge in [-0.15, -0.1) is 0 Å². The Hall–Kier alpha value is 1.40. The molecule has 0 amide bonds. The molecule has 8 heteroatoms. The van der Waals surface area contributed by atoms with Gasteiger partial charge in [0.1, 0.15) is 0 Å². The first-order valence-corrected chi connectivity index (χ1v) is 0. The summed E-state index contributed by atoms with van der Waals surface area (Å²) >= 11 is 0. The van der Waals surface area contributed by atoms with Gasteiger partial charge in [-0.1, -0.05) is 0 Å². The van der Waals surface area contributed by atoms with Gasteiger partial charge >= 0.3 is 52.1 Å². The standard InChI is InChI=1S/Co.Li.Ni.5H2O/h;;;5*1H2/q+2;+1;+2;;;;;/p-5. The van der Waals surface area contributed by atoms with Crippen LogP contribution in [0.15, 0.2) is 0 Å². The molecule has 0 saturated heterocycles. The summed E-state index contributed by atoms with van der Waals surface area (Å²) in [4.78, 5) is 0. The number of hydrogen-bond acceptors (Lipinski definition) is 5. The zero-order valence-corrected chi connectivity index (χ0v) is 5.91. The van der Waals surface area contributed by atoms with Crippen molar-refractivity contribution in [2.24, 2.45) is 0 Å². The molecule has 0 aromatic heterocycles. The third-order valence-electron chi connectivity index (χ3n) is 0. The minimum atomic E-state index is 0. The minimum absolute atomic E-state index is 0. The van der Waals surface area contributed by atoms with Crippen molar-refractivity contribution in [2.75, 3.05) is 0 Å². The molecular weight excluding hydrogens is 205 g/mol. The maximum absolute atomic E-state index is 0. The molecule has 0 rings (SSSR count).